The molecule has 30 heavy (non-hydrogen) atoms. The maximum atomic E-state index is 12.9. The number of methoxy groups -OCH3 is 1. The zero-order chi connectivity index (χ0) is 21.7. The Kier molecular flexibility index (Phi) is 6.61. The number of amides is 2. The first-order chi connectivity index (χ1) is 14.5. The summed E-state index contributed by atoms with van der Waals surface area (Å²) in [6.45, 7) is 3.93. The van der Waals surface area contributed by atoms with Gasteiger partial charge in [0.2, 0.25) is 0 Å². The SMILES string of the molecule is CCOC(=O)C1=C(COc2ccccc2OC)N(C)C(=O)NC1c1cccc(C)c1. The molecule has 1 heterocycles. The maximum Gasteiger partial charge on any atom is 0.338 e. The van der Waals surface area contributed by atoms with E-state index in [4.69, 9.17) is 14.2 Å². The fourth-order valence-corrected chi connectivity index (χ4v) is 3.37. The molecular formula is C23H26N2O5. The Morgan fingerprint density at radius 2 is 1.87 bits per heavy atom. The molecule has 1 N–H and O–H groups in total. The highest BCUT2D eigenvalue weighted by Gasteiger charge is 2.37. The minimum Gasteiger partial charge on any atom is -0.493 e. The molecule has 7 heteroatoms. The summed E-state index contributed by atoms with van der Waals surface area (Å²) in [6.07, 6.45) is 0. The van der Waals surface area contributed by atoms with E-state index in [0.29, 0.717) is 22.8 Å². The van der Waals surface area contributed by atoms with Gasteiger partial charge in [-0.25, -0.2) is 9.59 Å². The Hall–Kier alpha value is -3.48. The fraction of sp³-hybridized carbons (Fsp3) is 0.304. The monoisotopic (exact) mass is 410 g/mol. The zero-order valence-corrected chi connectivity index (χ0v) is 17.6. The van der Waals surface area contributed by atoms with Crippen molar-refractivity contribution in [3.63, 3.8) is 0 Å². The van der Waals surface area contributed by atoms with Crippen molar-refractivity contribution in [3.05, 3.63) is 70.9 Å². The number of hydrogen-bond acceptors (Lipinski definition) is 5. The Bertz CT molecular complexity index is 970. The molecule has 3 rings (SSSR count). The molecule has 2 aromatic carbocycles. The standard InChI is InChI=1S/C23H26N2O5/c1-5-29-22(26)20-17(14-30-19-12-7-6-11-18(19)28-4)25(3)23(27)24-21(20)16-10-8-9-15(2)13-16/h6-13,21H,5,14H2,1-4H3,(H,24,27). The summed E-state index contributed by atoms with van der Waals surface area (Å²) in [5, 5.41) is 2.90. The first-order valence-corrected chi connectivity index (χ1v) is 9.73. The van der Waals surface area contributed by atoms with Crippen LogP contribution in [-0.2, 0) is 9.53 Å². The van der Waals surface area contributed by atoms with E-state index < -0.39 is 12.0 Å². The Morgan fingerprint density at radius 3 is 2.53 bits per heavy atom. The van der Waals surface area contributed by atoms with E-state index in [1.165, 1.54) is 4.90 Å². The van der Waals surface area contributed by atoms with Crippen molar-refractivity contribution >= 4 is 12.0 Å². The van der Waals surface area contributed by atoms with Crippen LogP contribution in [0.25, 0.3) is 0 Å². The van der Waals surface area contributed by atoms with Gasteiger partial charge in [0, 0.05) is 7.05 Å². The first kappa shape index (κ1) is 21.2. The van der Waals surface area contributed by atoms with E-state index in [0.717, 1.165) is 11.1 Å². The average Bonchev–Trinajstić information content (AvgIpc) is 2.74. The molecule has 0 bridgehead atoms. The maximum absolute atomic E-state index is 12.9. The van der Waals surface area contributed by atoms with Gasteiger partial charge in [0.25, 0.3) is 0 Å². The van der Waals surface area contributed by atoms with Gasteiger partial charge in [0.15, 0.2) is 11.5 Å². The van der Waals surface area contributed by atoms with Crippen LogP contribution in [0.5, 0.6) is 11.5 Å². The van der Waals surface area contributed by atoms with Gasteiger partial charge >= 0.3 is 12.0 Å². The number of hydrogen-bond donors (Lipinski definition) is 1. The second kappa shape index (κ2) is 9.35. The van der Waals surface area contributed by atoms with Crippen LogP contribution in [0.3, 0.4) is 0 Å². The number of benzene rings is 2. The Labute approximate surface area is 176 Å². The number of carbonyl (C=O) groups excluding carboxylic acids is 2. The Balaban J connectivity index is 2.05. The molecule has 1 aliphatic heterocycles. The van der Waals surface area contributed by atoms with Crippen molar-refractivity contribution in [3.8, 4) is 11.5 Å². The van der Waals surface area contributed by atoms with Gasteiger partial charge in [-0.1, -0.05) is 42.0 Å². The largest absolute Gasteiger partial charge is 0.493 e. The number of ether oxygens (including phenoxy) is 3. The lowest BCUT2D eigenvalue weighted by molar-refractivity contribution is -0.139. The third-order valence-corrected chi connectivity index (χ3v) is 4.88. The van der Waals surface area contributed by atoms with E-state index >= 15 is 0 Å². The number of urea groups is 1. The van der Waals surface area contributed by atoms with Crippen molar-refractivity contribution in [2.75, 3.05) is 27.4 Å². The minimum atomic E-state index is -0.635. The average molecular weight is 410 g/mol. The third-order valence-electron chi connectivity index (χ3n) is 4.88. The van der Waals surface area contributed by atoms with Gasteiger partial charge in [-0.15, -0.1) is 0 Å². The van der Waals surface area contributed by atoms with Crippen LogP contribution in [0.4, 0.5) is 4.79 Å². The van der Waals surface area contributed by atoms with Crippen LogP contribution in [-0.4, -0.2) is 44.3 Å². The van der Waals surface area contributed by atoms with Crippen LogP contribution in [0, 0.1) is 6.92 Å². The summed E-state index contributed by atoms with van der Waals surface area (Å²) in [5.74, 6) is 0.589. The van der Waals surface area contributed by atoms with E-state index in [1.54, 1.807) is 33.2 Å². The van der Waals surface area contributed by atoms with Gasteiger partial charge < -0.3 is 19.5 Å². The number of nitrogens with zero attached hydrogens (tertiary/aromatic N) is 1. The molecule has 0 saturated carbocycles. The lowest BCUT2D eigenvalue weighted by atomic mass is 9.94. The molecule has 0 radical (unpaired) electrons. The van der Waals surface area contributed by atoms with Gasteiger partial charge in [-0.2, -0.15) is 0 Å². The van der Waals surface area contributed by atoms with Crippen LogP contribution < -0.4 is 14.8 Å². The quantitative estimate of drug-likeness (QED) is 0.706. The van der Waals surface area contributed by atoms with Crippen molar-refractivity contribution in [1.82, 2.24) is 10.2 Å². The molecule has 1 aliphatic rings. The van der Waals surface area contributed by atoms with Crippen molar-refractivity contribution in [2.45, 2.75) is 19.9 Å². The molecule has 0 aliphatic carbocycles. The van der Waals surface area contributed by atoms with E-state index in [2.05, 4.69) is 5.32 Å². The second-order valence-electron chi connectivity index (χ2n) is 6.88. The van der Waals surface area contributed by atoms with Gasteiger partial charge in [0.1, 0.15) is 6.61 Å². The van der Waals surface area contributed by atoms with Crippen molar-refractivity contribution in [2.24, 2.45) is 0 Å². The number of aryl methyl sites for hydroxylation is 1. The summed E-state index contributed by atoms with van der Waals surface area (Å²) in [6, 6.07) is 13.9. The van der Waals surface area contributed by atoms with Gasteiger partial charge in [0.05, 0.1) is 31.0 Å². The van der Waals surface area contributed by atoms with Crippen LogP contribution in [0.15, 0.2) is 59.8 Å². The zero-order valence-electron chi connectivity index (χ0n) is 17.6. The molecule has 0 aromatic heterocycles. The normalized spacial score (nSPS) is 16.2. The van der Waals surface area contributed by atoms with E-state index in [-0.39, 0.29) is 19.2 Å². The minimum absolute atomic E-state index is 0.000751. The molecule has 7 nitrogen and oxygen atoms in total. The molecule has 0 spiro atoms. The molecule has 1 unspecified atom stereocenters. The predicted octanol–water partition coefficient (Wildman–Crippen LogP) is 3.60. The van der Waals surface area contributed by atoms with Crippen LogP contribution >= 0.6 is 0 Å². The predicted molar refractivity (Wildman–Crippen MR) is 112 cm³/mol. The topological polar surface area (TPSA) is 77.1 Å². The Morgan fingerprint density at radius 1 is 1.13 bits per heavy atom. The van der Waals surface area contributed by atoms with Crippen molar-refractivity contribution < 1.29 is 23.8 Å². The molecular weight excluding hydrogens is 384 g/mol. The number of para-hydroxylation sites is 2. The summed E-state index contributed by atoms with van der Waals surface area (Å²) in [4.78, 5) is 27.0. The summed E-state index contributed by atoms with van der Waals surface area (Å²) >= 11 is 0. The van der Waals surface area contributed by atoms with Crippen LogP contribution in [0.1, 0.15) is 24.1 Å². The smallest absolute Gasteiger partial charge is 0.338 e. The highest BCUT2D eigenvalue weighted by Crippen LogP contribution is 2.33. The lowest BCUT2D eigenvalue weighted by Gasteiger charge is -2.34. The summed E-state index contributed by atoms with van der Waals surface area (Å²) < 4.78 is 16.6. The van der Waals surface area contributed by atoms with E-state index in [1.807, 2.05) is 43.3 Å². The molecule has 0 fully saturated rings. The van der Waals surface area contributed by atoms with Crippen molar-refractivity contribution in [1.29, 1.82) is 0 Å². The number of carbonyl (C=O) groups is 2. The van der Waals surface area contributed by atoms with E-state index in [9.17, 15) is 9.59 Å². The molecule has 0 saturated heterocycles. The molecule has 158 valence electrons. The highest BCUT2D eigenvalue weighted by atomic mass is 16.5. The highest BCUT2D eigenvalue weighted by molar-refractivity contribution is 5.95. The van der Waals surface area contributed by atoms with Gasteiger partial charge in [-0.3, -0.25) is 4.90 Å². The summed E-state index contributed by atoms with van der Waals surface area (Å²) in [5.41, 5.74) is 2.61. The molecule has 1 atom stereocenters. The number of likely N-dealkylation sites (N-methyl/N-ethyl adjacent to an activating group) is 1. The number of rotatable bonds is 7. The first-order valence-electron chi connectivity index (χ1n) is 9.73. The third kappa shape index (κ3) is 4.40. The number of esters is 1. The van der Waals surface area contributed by atoms with Gasteiger partial charge in [-0.05, 0) is 31.5 Å². The van der Waals surface area contributed by atoms with Crippen LogP contribution in [0.2, 0.25) is 0 Å². The second-order valence-corrected chi connectivity index (χ2v) is 6.88. The fourth-order valence-electron chi connectivity index (χ4n) is 3.37. The number of nitrogens with one attached hydrogen (secondary N) is 1. The summed E-state index contributed by atoms with van der Waals surface area (Å²) in [7, 11) is 3.15. The molecule has 2 amide bonds. The lowest BCUT2D eigenvalue weighted by Crippen LogP contribution is -2.48. The molecule has 2 aromatic rings.